The molecular weight excluding hydrogens is 204 g/mol. The molecule has 0 spiro atoms. The molecule has 3 aromatic rings. The van der Waals surface area contributed by atoms with Crippen molar-refractivity contribution in [3.8, 4) is 0 Å². The standard InChI is InChI=1S/C12H10N2O2/c1-2-14-7-13-10-11(14)8-5-3-4-6-9(8)16-12(10)15/h3-7H,2H2,1H3. The number of para-hydroxylation sites is 1. The number of aryl methyl sites for hydroxylation is 1. The van der Waals surface area contributed by atoms with Gasteiger partial charge in [-0.25, -0.2) is 9.78 Å². The predicted octanol–water partition coefficient (Wildman–Crippen LogP) is 2.16. The Morgan fingerprint density at radius 1 is 1.38 bits per heavy atom. The molecule has 2 aromatic heterocycles. The van der Waals surface area contributed by atoms with Crippen LogP contribution in [-0.4, -0.2) is 9.55 Å². The third-order valence-electron chi connectivity index (χ3n) is 2.72. The van der Waals surface area contributed by atoms with Gasteiger partial charge in [-0.3, -0.25) is 0 Å². The van der Waals surface area contributed by atoms with E-state index in [0.717, 1.165) is 17.4 Å². The van der Waals surface area contributed by atoms with Gasteiger partial charge in [0.2, 0.25) is 0 Å². The molecule has 0 aliphatic rings. The van der Waals surface area contributed by atoms with E-state index in [1.54, 1.807) is 12.4 Å². The number of aromatic nitrogens is 2. The fourth-order valence-corrected chi connectivity index (χ4v) is 1.95. The molecule has 0 radical (unpaired) electrons. The van der Waals surface area contributed by atoms with Gasteiger partial charge in [-0.2, -0.15) is 0 Å². The van der Waals surface area contributed by atoms with Crippen molar-refractivity contribution in [2.45, 2.75) is 13.5 Å². The van der Waals surface area contributed by atoms with Crippen molar-refractivity contribution in [3.05, 3.63) is 41.0 Å². The van der Waals surface area contributed by atoms with E-state index in [4.69, 9.17) is 4.42 Å². The highest BCUT2D eigenvalue weighted by Gasteiger charge is 2.11. The highest BCUT2D eigenvalue weighted by molar-refractivity contribution is 6.00. The largest absolute Gasteiger partial charge is 0.421 e. The predicted molar refractivity (Wildman–Crippen MR) is 61.4 cm³/mol. The molecule has 0 amide bonds. The summed E-state index contributed by atoms with van der Waals surface area (Å²) in [6.45, 7) is 2.80. The minimum atomic E-state index is -0.374. The molecule has 0 saturated heterocycles. The minimum Gasteiger partial charge on any atom is -0.421 e. The van der Waals surface area contributed by atoms with Gasteiger partial charge < -0.3 is 8.98 Å². The van der Waals surface area contributed by atoms with Crippen LogP contribution >= 0.6 is 0 Å². The average Bonchev–Trinajstić information content (AvgIpc) is 2.74. The van der Waals surface area contributed by atoms with Crippen molar-refractivity contribution in [1.82, 2.24) is 9.55 Å². The molecule has 0 atom stereocenters. The van der Waals surface area contributed by atoms with Crippen LogP contribution in [0, 0.1) is 0 Å². The van der Waals surface area contributed by atoms with Crippen molar-refractivity contribution in [1.29, 1.82) is 0 Å². The Bertz CT molecular complexity index is 725. The van der Waals surface area contributed by atoms with Crippen molar-refractivity contribution < 1.29 is 4.42 Å². The Morgan fingerprint density at radius 2 is 2.19 bits per heavy atom. The molecule has 0 bridgehead atoms. The van der Waals surface area contributed by atoms with Gasteiger partial charge in [0.1, 0.15) is 5.58 Å². The molecule has 0 N–H and O–H groups in total. The third kappa shape index (κ3) is 1.10. The minimum absolute atomic E-state index is 0.374. The maximum Gasteiger partial charge on any atom is 0.364 e. The van der Waals surface area contributed by atoms with E-state index in [1.165, 1.54) is 0 Å². The highest BCUT2D eigenvalue weighted by atomic mass is 16.4. The molecule has 4 nitrogen and oxygen atoms in total. The second kappa shape index (κ2) is 3.20. The van der Waals surface area contributed by atoms with Gasteiger partial charge >= 0.3 is 5.63 Å². The maximum atomic E-state index is 11.7. The zero-order valence-corrected chi connectivity index (χ0v) is 8.80. The van der Waals surface area contributed by atoms with Crippen LogP contribution in [0.3, 0.4) is 0 Å². The first-order chi connectivity index (χ1) is 7.81. The molecule has 0 aliphatic heterocycles. The van der Waals surface area contributed by atoms with Crippen LogP contribution in [0.4, 0.5) is 0 Å². The Labute approximate surface area is 91.1 Å². The average molecular weight is 214 g/mol. The SMILES string of the molecule is CCn1cnc2c(=O)oc3ccccc3c21. The molecule has 1 aromatic carbocycles. The van der Waals surface area contributed by atoms with Gasteiger partial charge in [0.25, 0.3) is 0 Å². The van der Waals surface area contributed by atoms with Gasteiger partial charge in [0.15, 0.2) is 5.52 Å². The summed E-state index contributed by atoms with van der Waals surface area (Å²) in [5.41, 5.74) is 1.49. The van der Waals surface area contributed by atoms with Crippen molar-refractivity contribution in [2.75, 3.05) is 0 Å². The van der Waals surface area contributed by atoms with Crippen LogP contribution in [0.25, 0.3) is 22.0 Å². The maximum absolute atomic E-state index is 11.7. The van der Waals surface area contributed by atoms with Crippen LogP contribution in [0.1, 0.15) is 6.92 Å². The summed E-state index contributed by atoms with van der Waals surface area (Å²) in [6, 6.07) is 7.51. The fraction of sp³-hybridized carbons (Fsp3) is 0.167. The van der Waals surface area contributed by atoms with Gasteiger partial charge in [-0.15, -0.1) is 0 Å². The van der Waals surface area contributed by atoms with Crippen LogP contribution in [0.2, 0.25) is 0 Å². The number of nitrogens with zero attached hydrogens (tertiary/aromatic N) is 2. The molecule has 2 heterocycles. The lowest BCUT2D eigenvalue weighted by Gasteiger charge is -2.01. The third-order valence-corrected chi connectivity index (χ3v) is 2.72. The van der Waals surface area contributed by atoms with Crippen LogP contribution in [0.15, 0.2) is 39.8 Å². The normalized spacial score (nSPS) is 11.3. The summed E-state index contributed by atoms with van der Waals surface area (Å²) in [4.78, 5) is 15.8. The van der Waals surface area contributed by atoms with Crippen molar-refractivity contribution in [2.24, 2.45) is 0 Å². The topological polar surface area (TPSA) is 48.0 Å². The zero-order valence-electron chi connectivity index (χ0n) is 8.80. The van der Waals surface area contributed by atoms with Crippen LogP contribution < -0.4 is 5.63 Å². The van der Waals surface area contributed by atoms with E-state index >= 15 is 0 Å². The first kappa shape index (κ1) is 9.15. The second-order valence-corrected chi connectivity index (χ2v) is 3.61. The molecular formula is C12H10N2O2. The lowest BCUT2D eigenvalue weighted by Crippen LogP contribution is -2.01. The van der Waals surface area contributed by atoms with Gasteiger partial charge in [0, 0.05) is 11.9 Å². The fourth-order valence-electron chi connectivity index (χ4n) is 1.95. The Hall–Kier alpha value is -2.10. The second-order valence-electron chi connectivity index (χ2n) is 3.61. The Kier molecular flexibility index (Phi) is 1.83. The molecule has 0 aliphatic carbocycles. The number of hydrogen-bond donors (Lipinski definition) is 0. The van der Waals surface area contributed by atoms with Gasteiger partial charge in [-0.05, 0) is 19.1 Å². The van der Waals surface area contributed by atoms with E-state index in [0.29, 0.717) is 11.1 Å². The summed E-state index contributed by atoms with van der Waals surface area (Å²) in [5, 5.41) is 0.927. The summed E-state index contributed by atoms with van der Waals surface area (Å²) in [5.74, 6) is 0. The van der Waals surface area contributed by atoms with E-state index in [1.807, 2.05) is 29.7 Å². The number of fused-ring (bicyclic) bond motifs is 3. The number of imidazole rings is 1. The Balaban J connectivity index is 2.65. The summed E-state index contributed by atoms with van der Waals surface area (Å²) in [7, 11) is 0. The first-order valence-corrected chi connectivity index (χ1v) is 5.18. The Morgan fingerprint density at radius 3 is 3.00 bits per heavy atom. The lowest BCUT2D eigenvalue weighted by atomic mass is 10.2. The van der Waals surface area contributed by atoms with E-state index in [9.17, 15) is 4.79 Å². The molecule has 3 rings (SSSR count). The van der Waals surface area contributed by atoms with Crippen LogP contribution in [0.5, 0.6) is 0 Å². The number of benzene rings is 1. The summed E-state index contributed by atoms with van der Waals surface area (Å²) >= 11 is 0. The number of rotatable bonds is 1. The van der Waals surface area contributed by atoms with E-state index < -0.39 is 0 Å². The van der Waals surface area contributed by atoms with Crippen molar-refractivity contribution >= 4 is 22.0 Å². The van der Waals surface area contributed by atoms with E-state index in [-0.39, 0.29) is 5.63 Å². The molecule has 4 heteroatoms. The summed E-state index contributed by atoms with van der Waals surface area (Å²) < 4.78 is 7.15. The van der Waals surface area contributed by atoms with Crippen molar-refractivity contribution in [3.63, 3.8) is 0 Å². The van der Waals surface area contributed by atoms with E-state index in [2.05, 4.69) is 4.98 Å². The lowest BCUT2D eigenvalue weighted by molar-refractivity contribution is 0.568. The zero-order chi connectivity index (χ0) is 11.1. The molecule has 16 heavy (non-hydrogen) atoms. The quantitative estimate of drug-likeness (QED) is 0.583. The smallest absolute Gasteiger partial charge is 0.364 e. The highest BCUT2D eigenvalue weighted by Crippen LogP contribution is 2.21. The molecule has 80 valence electrons. The van der Waals surface area contributed by atoms with Crippen LogP contribution in [-0.2, 0) is 6.54 Å². The molecule has 0 unspecified atom stereocenters. The monoisotopic (exact) mass is 214 g/mol. The molecule has 0 fully saturated rings. The molecule has 0 saturated carbocycles. The summed E-state index contributed by atoms with van der Waals surface area (Å²) in [6.07, 6.45) is 1.67. The number of hydrogen-bond acceptors (Lipinski definition) is 3. The van der Waals surface area contributed by atoms with Gasteiger partial charge in [-0.1, -0.05) is 12.1 Å². The first-order valence-electron chi connectivity index (χ1n) is 5.18. The van der Waals surface area contributed by atoms with Gasteiger partial charge in [0.05, 0.1) is 11.8 Å².